The first-order valence-corrected chi connectivity index (χ1v) is 9.75. The molecule has 120 valence electrons. The fourth-order valence-electron chi connectivity index (χ4n) is 2.18. The van der Waals surface area contributed by atoms with Gasteiger partial charge >= 0.3 is 0 Å². The van der Waals surface area contributed by atoms with Crippen molar-refractivity contribution in [1.82, 2.24) is 14.8 Å². The third-order valence-electron chi connectivity index (χ3n) is 3.50. The number of aryl methyl sites for hydroxylation is 1. The van der Waals surface area contributed by atoms with Crippen molar-refractivity contribution in [2.75, 3.05) is 0 Å². The molecule has 0 amide bonds. The average Bonchev–Trinajstić information content (AvgIpc) is 3.14. The topological polar surface area (TPSA) is 30.7 Å². The maximum absolute atomic E-state index is 6.22. The van der Waals surface area contributed by atoms with E-state index in [1.807, 2.05) is 29.8 Å². The second kappa shape index (κ2) is 7.26. The van der Waals surface area contributed by atoms with Crippen molar-refractivity contribution >= 4 is 46.3 Å². The molecule has 0 radical (unpaired) electrons. The van der Waals surface area contributed by atoms with Crippen LogP contribution in [0.4, 0.5) is 0 Å². The Bertz CT molecular complexity index is 806. The molecule has 23 heavy (non-hydrogen) atoms. The molecular formula is C16H15Cl2N3S2. The molecule has 0 aliphatic rings. The number of rotatable bonds is 5. The highest BCUT2D eigenvalue weighted by atomic mass is 35.5. The van der Waals surface area contributed by atoms with Crippen LogP contribution in [-0.2, 0) is 19.2 Å². The van der Waals surface area contributed by atoms with Gasteiger partial charge < -0.3 is 4.57 Å². The van der Waals surface area contributed by atoms with Crippen molar-refractivity contribution in [2.24, 2.45) is 7.05 Å². The highest BCUT2D eigenvalue weighted by molar-refractivity contribution is 7.98. The zero-order valence-electron chi connectivity index (χ0n) is 12.7. The summed E-state index contributed by atoms with van der Waals surface area (Å²) in [4.78, 5) is 1.35. The molecule has 3 aromatic rings. The number of thioether (sulfide) groups is 1. The zero-order chi connectivity index (χ0) is 16.4. The number of hydrogen-bond donors (Lipinski definition) is 0. The van der Waals surface area contributed by atoms with Crippen LogP contribution < -0.4 is 0 Å². The Morgan fingerprint density at radius 2 is 1.96 bits per heavy atom. The fraction of sp³-hybridized carbons (Fsp3) is 0.250. The maximum Gasteiger partial charge on any atom is 0.191 e. The van der Waals surface area contributed by atoms with Gasteiger partial charge in [-0.2, -0.15) is 0 Å². The molecule has 3 nitrogen and oxygen atoms in total. The molecule has 0 N–H and O–H groups in total. The summed E-state index contributed by atoms with van der Waals surface area (Å²) < 4.78 is 2.01. The Hall–Kier alpha value is -1.01. The van der Waals surface area contributed by atoms with Gasteiger partial charge in [0.25, 0.3) is 0 Å². The Labute approximate surface area is 153 Å². The van der Waals surface area contributed by atoms with E-state index in [-0.39, 0.29) is 0 Å². The summed E-state index contributed by atoms with van der Waals surface area (Å²) in [5.74, 6) is 1.54. The van der Waals surface area contributed by atoms with Gasteiger partial charge in [0.1, 0.15) is 0 Å². The first kappa shape index (κ1) is 16.8. The summed E-state index contributed by atoms with van der Waals surface area (Å²) in [5.41, 5.74) is 2.04. The lowest BCUT2D eigenvalue weighted by Gasteiger charge is -2.06. The predicted octanol–water partition coefficient (Wildman–Crippen LogP) is 5.71. The molecule has 1 aromatic carbocycles. The van der Waals surface area contributed by atoms with E-state index in [1.165, 1.54) is 4.88 Å². The molecule has 0 unspecified atom stereocenters. The van der Waals surface area contributed by atoms with Crippen LogP contribution in [0.1, 0.15) is 17.4 Å². The van der Waals surface area contributed by atoms with Gasteiger partial charge in [0.05, 0.1) is 0 Å². The van der Waals surface area contributed by atoms with E-state index < -0.39 is 0 Å². The van der Waals surface area contributed by atoms with Gasteiger partial charge in [0, 0.05) is 38.7 Å². The van der Waals surface area contributed by atoms with Crippen LogP contribution in [0.15, 0.2) is 34.8 Å². The Kier molecular flexibility index (Phi) is 5.31. The smallest absolute Gasteiger partial charge is 0.191 e. The minimum atomic E-state index is 0.661. The van der Waals surface area contributed by atoms with E-state index in [4.69, 9.17) is 23.2 Å². The van der Waals surface area contributed by atoms with Crippen LogP contribution in [0.3, 0.4) is 0 Å². The van der Waals surface area contributed by atoms with E-state index in [0.717, 1.165) is 28.5 Å². The summed E-state index contributed by atoms with van der Waals surface area (Å²) in [5, 5.41) is 13.0. The molecule has 0 fully saturated rings. The van der Waals surface area contributed by atoms with E-state index in [2.05, 4.69) is 28.6 Å². The Morgan fingerprint density at radius 1 is 1.22 bits per heavy atom. The van der Waals surface area contributed by atoms with Crippen LogP contribution in [-0.4, -0.2) is 14.8 Å². The normalized spacial score (nSPS) is 11.1. The average molecular weight is 384 g/mol. The minimum absolute atomic E-state index is 0.661. The number of nitrogens with zero attached hydrogens (tertiary/aromatic N) is 3. The number of benzene rings is 1. The van der Waals surface area contributed by atoms with Crippen molar-refractivity contribution in [1.29, 1.82) is 0 Å². The van der Waals surface area contributed by atoms with Crippen LogP contribution in [0.2, 0.25) is 10.0 Å². The van der Waals surface area contributed by atoms with E-state index in [0.29, 0.717) is 15.8 Å². The molecule has 3 rings (SSSR count). The molecule has 0 saturated heterocycles. The van der Waals surface area contributed by atoms with Gasteiger partial charge in [-0.3, -0.25) is 0 Å². The second-order valence-corrected chi connectivity index (χ2v) is 7.76. The van der Waals surface area contributed by atoms with Gasteiger partial charge in [-0.1, -0.05) is 48.0 Å². The minimum Gasteiger partial charge on any atom is -0.305 e. The molecule has 2 heterocycles. The van der Waals surface area contributed by atoms with Crippen molar-refractivity contribution < 1.29 is 0 Å². The standard InChI is InChI=1S/C16H15Cl2N3S2/c1-3-11-7-10(8-22-11)15-19-20-16(21(15)2)23-9-12-13(17)5-4-6-14(12)18/h4-8H,3,9H2,1-2H3. The van der Waals surface area contributed by atoms with Gasteiger partial charge in [0.15, 0.2) is 11.0 Å². The molecule has 0 bridgehead atoms. The van der Waals surface area contributed by atoms with E-state index in [9.17, 15) is 0 Å². The molecule has 0 saturated carbocycles. The van der Waals surface area contributed by atoms with E-state index in [1.54, 1.807) is 23.1 Å². The van der Waals surface area contributed by atoms with Gasteiger partial charge in [-0.15, -0.1) is 21.5 Å². The summed E-state index contributed by atoms with van der Waals surface area (Å²) in [6.45, 7) is 2.15. The van der Waals surface area contributed by atoms with Gasteiger partial charge in [-0.25, -0.2) is 0 Å². The summed E-state index contributed by atoms with van der Waals surface area (Å²) >= 11 is 15.8. The molecule has 0 aliphatic carbocycles. The molecule has 0 aliphatic heterocycles. The highest BCUT2D eigenvalue weighted by Crippen LogP contribution is 2.32. The van der Waals surface area contributed by atoms with Crippen molar-refractivity contribution in [3.05, 3.63) is 50.1 Å². The second-order valence-electron chi connectivity index (χ2n) is 5.01. The molecule has 0 atom stereocenters. The fourth-order valence-corrected chi connectivity index (χ4v) is 4.65. The molecule has 0 spiro atoms. The zero-order valence-corrected chi connectivity index (χ0v) is 15.9. The number of aromatic nitrogens is 3. The number of halogens is 2. The number of thiophene rings is 1. The third-order valence-corrected chi connectivity index (χ3v) is 6.34. The molecule has 2 aromatic heterocycles. The Morgan fingerprint density at radius 3 is 2.61 bits per heavy atom. The lowest BCUT2D eigenvalue weighted by molar-refractivity contribution is 0.794. The van der Waals surface area contributed by atoms with Crippen molar-refractivity contribution in [3.8, 4) is 11.4 Å². The maximum atomic E-state index is 6.22. The van der Waals surface area contributed by atoms with Crippen molar-refractivity contribution in [2.45, 2.75) is 24.3 Å². The largest absolute Gasteiger partial charge is 0.305 e. The monoisotopic (exact) mass is 383 g/mol. The number of hydrogen-bond acceptors (Lipinski definition) is 4. The van der Waals surface area contributed by atoms with Crippen LogP contribution in [0, 0.1) is 0 Å². The van der Waals surface area contributed by atoms with Gasteiger partial charge in [-0.05, 0) is 30.2 Å². The Balaban J connectivity index is 1.80. The lowest BCUT2D eigenvalue weighted by atomic mass is 10.2. The van der Waals surface area contributed by atoms with Crippen LogP contribution in [0.25, 0.3) is 11.4 Å². The quantitative estimate of drug-likeness (QED) is 0.528. The predicted molar refractivity (Wildman–Crippen MR) is 99.7 cm³/mol. The first-order chi connectivity index (χ1) is 11.1. The third kappa shape index (κ3) is 3.58. The van der Waals surface area contributed by atoms with Crippen LogP contribution >= 0.6 is 46.3 Å². The van der Waals surface area contributed by atoms with Gasteiger partial charge in [0.2, 0.25) is 0 Å². The summed E-state index contributed by atoms with van der Waals surface area (Å²) in [6.07, 6.45) is 1.04. The SMILES string of the molecule is CCc1cc(-c2nnc(SCc3c(Cl)cccc3Cl)n2C)cs1. The molecule has 7 heteroatoms. The highest BCUT2D eigenvalue weighted by Gasteiger charge is 2.14. The van der Waals surface area contributed by atoms with Crippen molar-refractivity contribution in [3.63, 3.8) is 0 Å². The van der Waals surface area contributed by atoms with E-state index >= 15 is 0 Å². The lowest BCUT2D eigenvalue weighted by Crippen LogP contribution is -1.94. The summed E-state index contributed by atoms with van der Waals surface area (Å²) in [7, 11) is 1.98. The van der Waals surface area contributed by atoms with Crippen LogP contribution in [0.5, 0.6) is 0 Å². The molecular weight excluding hydrogens is 369 g/mol. The summed E-state index contributed by atoms with van der Waals surface area (Å²) in [6, 6.07) is 7.72. The first-order valence-electron chi connectivity index (χ1n) is 7.13.